The van der Waals surface area contributed by atoms with Crippen LogP contribution in [-0.4, -0.2) is 48.9 Å². The van der Waals surface area contributed by atoms with Crippen molar-refractivity contribution >= 4 is 11.8 Å². The Morgan fingerprint density at radius 2 is 2.00 bits per heavy atom. The average molecular weight is 281 g/mol. The van der Waals surface area contributed by atoms with Crippen LogP contribution in [0.5, 0.6) is 0 Å². The molecule has 0 aromatic heterocycles. The summed E-state index contributed by atoms with van der Waals surface area (Å²) in [4.78, 5) is 26.1. The third-order valence-corrected chi connectivity index (χ3v) is 4.56. The van der Waals surface area contributed by atoms with Crippen molar-refractivity contribution in [2.75, 3.05) is 26.2 Å². The van der Waals surface area contributed by atoms with Crippen LogP contribution in [0.1, 0.15) is 40.0 Å². The summed E-state index contributed by atoms with van der Waals surface area (Å²) < 4.78 is 0. The topological polar surface area (TPSA) is 61.4 Å². The molecule has 1 saturated heterocycles. The smallest absolute Gasteiger partial charge is 0.239 e. The maximum atomic E-state index is 12.6. The van der Waals surface area contributed by atoms with E-state index in [1.807, 2.05) is 20.8 Å². The van der Waals surface area contributed by atoms with Gasteiger partial charge in [-0.05, 0) is 58.5 Å². The fraction of sp³-hybridized carbons (Fsp3) is 0.867. The van der Waals surface area contributed by atoms with Gasteiger partial charge in [-0.15, -0.1) is 0 Å². The summed E-state index contributed by atoms with van der Waals surface area (Å²) >= 11 is 0. The molecule has 2 amide bonds. The number of hydrogen-bond acceptors (Lipinski definition) is 3. The zero-order valence-electron chi connectivity index (χ0n) is 12.9. The molecule has 2 rings (SSSR count). The second kappa shape index (κ2) is 6.12. The molecule has 1 unspecified atom stereocenters. The fourth-order valence-electron chi connectivity index (χ4n) is 3.28. The predicted molar refractivity (Wildman–Crippen MR) is 78.2 cm³/mol. The molecule has 0 bridgehead atoms. The molecular weight excluding hydrogens is 254 g/mol. The molecule has 20 heavy (non-hydrogen) atoms. The Morgan fingerprint density at radius 3 is 2.55 bits per heavy atom. The van der Waals surface area contributed by atoms with E-state index in [0.29, 0.717) is 6.54 Å². The largest absolute Gasteiger partial charge is 0.352 e. The molecule has 5 heteroatoms. The van der Waals surface area contributed by atoms with Crippen molar-refractivity contribution in [3.8, 4) is 0 Å². The van der Waals surface area contributed by atoms with E-state index >= 15 is 0 Å². The van der Waals surface area contributed by atoms with Crippen molar-refractivity contribution in [3.05, 3.63) is 0 Å². The van der Waals surface area contributed by atoms with Crippen molar-refractivity contribution in [3.63, 3.8) is 0 Å². The molecule has 0 radical (unpaired) electrons. The van der Waals surface area contributed by atoms with Crippen LogP contribution in [0.4, 0.5) is 0 Å². The minimum atomic E-state index is -0.0600. The maximum Gasteiger partial charge on any atom is 0.239 e. The SMILES string of the molecule is CCN(CC(=O)NC(C)C)C(=O)C1CC12CCNCC2. The lowest BCUT2D eigenvalue weighted by Gasteiger charge is -2.26. The first-order valence-corrected chi connectivity index (χ1v) is 7.77. The van der Waals surface area contributed by atoms with Crippen LogP contribution < -0.4 is 10.6 Å². The Bertz CT molecular complexity index is 375. The lowest BCUT2D eigenvalue weighted by Crippen LogP contribution is -2.44. The van der Waals surface area contributed by atoms with Gasteiger partial charge in [0.2, 0.25) is 11.8 Å². The number of hydrogen-bond donors (Lipinski definition) is 2. The van der Waals surface area contributed by atoms with E-state index in [0.717, 1.165) is 32.4 Å². The van der Waals surface area contributed by atoms with Crippen LogP contribution in [0, 0.1) is 11.3 Å². The molecule has 1 saturated carbocycles. The highest BCUT2D eigenvalue weighted by Gasteiger charge is 2.58. The normalized spacial score (nSPS) is 23.7. The van der Waals surface area contributed by atoms with Crippen molar-refractivity contribution in [1.82, 2.24) is 15.5 Å². The first-order chi connectivity index (χ1) is 9.48. The van der Waals surface area contributed by atoms with Gasteiger partial charge in [0, 0.05) is 18.5 Å². The molecule has 2 fully saturated rings. The summed E-state index contributed by atoms with van der Waals surface area (Å²) in [6, 6.07) is 0.119. The van der Waals surface area contributed by atoms with Gasteiger partial charge in [0.15, 0.2) is 0 Å². The van der Waals surface area contributed by atoms with E-state index < -0.39 is 0 Å². The number of nitrogens with one attached hydrogen (secondary N) is 2. The highest BCUT2D eigenvalue weighted by atomic mass is 16.2. The Hall–Kier alpha value is -1.10. The Balaban J connectivity index is 1.88. The van der Waals surface area contributed by atoms with Gasteiger partial charge in [-0.3, -0.25) is 9.59 Å². The highest BCUT2D eigenvalue weighted by molar-refractivity contribution is 5.88. The van der Waals surface area contributed by atoms with Crippen LogP contribution in [0.3, 0.4) is 0 Å². The predicted octanol–water partition coefficient (Wildman–Crippen LogP) is 0.749. The Labute approximate surface area is 121 Å². The molecule has 0 aromatic carbocycles. The maximum absolute atomic E-state index is 12.6. The molecular formula is C15H27N3O2. The molecule has 1 aliphatic heterocycles. The Morgan fingerprint density at radius 1 is 1.35 bits per heavy atom. The van der Waals surface area contributed by atoms with Crippen molar-refractivity contribution in [2.24, 2.45) is 11.3 Å². The summed E-state index contributed by atoms with van der Waals surface area (Å²) in [6.07, 6.45) is 3.20. The molecule has 2 aliphatic rings. The standard InChI is InChI=1S/C15H27N3O2/c1-4-18(10-13(19)17-11(2)3)14(20)12-9-15(12)5-7-16-8-6-15/h11-12,16H,4-10H2,1-3H3,(H,17,19). The fourth-order valence-corrected chi connectivity index (χ4v) is 3.28. The molecule has 1 aliphatic carbocycles. The van der Waals surface area contributed by atoms with E-state index in [2.05, 4.69) is 10.6 Å². The van der Waals surface area contributed by atoms with Crippen molar-refractivity contribution < 1.29 is 9.59 Å². The molecule has 1 atom stereocenters. The number of rotatable bonds is 5. The quantitative estimate of drug-likeness (QED) is 0.782. The minimum Gasteiger partial charge on any atom is -0.352 e. The zero-order valence-corrected chi connectivity index (χ0v) is 12.9. The molecule has 1 spiro atoms. The number of carbonyl (C=O) groups is 2. The van der Waals surface area contributed by atoms with E-state index in [4.69, 9.17) is 0 Å². The number of carbonyl (C=O) groups excluding carboxylic acids is 2. The van der Waals surface area contributed by atoms with Gasteiger partial charge in [0.25, 0.3) is 0 Å². The molecule has 0 aromatic rings. The lowest BCUT2D eigenvalue weighted by molar-refractivity contribution is -0.137. The monoisotopic (exact) mass is 281 g/mol. The third-order valence-electron chi connectivity index (χ3n) is 4.56. The molecule has 5 nitrogen and oxygen atoms in total. The zero-order chi connectivity index (χ0) is 14.8. The average Bonchev–Trinajstić information content (AvgIpc) is 3.08. The van der Waals surface area contributed by atoms with Gasteiger partial charge in [0.1, 0.15) is 0 Å². The minimum absolute atomic E-state index is 0.0600. The highest BCUT2D eigenvalue weighted by Crippen LogP contribution is 2.59. The van der Waals surface area contributed by atoms with Gasteiger partial charge >= 0.3 is 0 Å². The number of amides is 2. The summed E-state index contributed by atoms with van der Waals surface area (Å²) in [6.45, 7) is 8.64. The van der Waals surface area contributed by atoms with E-state index in [9.17, 15) is 9.59 Å². The van der Waals surface area contributed by atoms with Crippen molar-refractivity contribution in [2.45, 2.75) is 46.1 Å². The van der Waals surface area contributed by atoms with Gasteiger partial charge in [-0.25, -0.2) is 0 Å². The number of nitrogens with zero attached hydrogens (tertiary/aromatic N) is 1. The van der Waals surface area contributed by atoms with Crippen molar-refractivity contribution in [1.29, 1.82) is 0 Å². The van der Waals surface area contributed by atoms with Gasteiger partial charge < -0.3 is 15.5 Å². The second-order valence-corrected chi connectivity index (χ2v) is 6.44. The van der Waals surface area contributed by atoms with Crippen LogP contribution >= 0.6 is 0 Å². The van der Waals surface area contributed by atoms with E-state index in [1.54, 1.807) is 4.90 Å². The van der Waals surface area contributed by atoms with Crippen LogP contribution in [0.25, 0.3) is 0 Å². The van der Waals surface area contributed by atoms with E-state index in [-0.39, 0.29) is 35.7 Å². The van der Waals surface area contributed by atoms with Gasteiger partial charge in [-0.2, -0.15) is 0 Å². The van der Waals surface area contributed by atoms with E-state index in [1.165, 1.54) is 0 Å². The number of likely N-dealkylation sites (N-methyl/N-ethyl adjacent to an activating group) is 1. The third kappa shape index (κ3) is 3.32. The summed E-state index contributed by atoms with van der Waals surface area (Å²) in [5, 5.41) is 6.20. The Kier molecular flexibility index (Phi) is 4.68. The van der Waals surface area contributed by atoms with Crippen LogP contribution in [0.2, 0.25) is 0 Å². The lowest BCUT2D eigenvalue weighted by atomic mass is 9.91. The second-order valence-electron chi connectivity index (χ2n) is 6.44. The summed E-state index contributed by atoms with van der Waals surface area (Å²) in [5.41, 5.74) is 0.240. The summed E-state index contributed by atoms with van der Waals surface area (Å²) in [7, 11) is 0. The number of piperidine rings is 1. The first-order valence-electron chi connectivity index (χ1n) is 7.77. The van der Waals surface area contributed by atoms with Gasteiger partial charge in [0.05, 0.1) is 6.54 Å². The van der Waals surface area contributed by atoms with Gasteiger partial charge in [-0.1, -0.05) is 0 Å². The summed E-state index contributed by atoms with van der Waals surface area (Å²) in [5.74, 6) is 0.264. The van der Waals surface area contributed by atoms with Crippen LogP contribution in [0.15, 0.2) is 0 Å². The van der Waals surface area contributed by atoms with Crippen LogP contribution in [-0.2, 0) is 9.59 Å². The molecule has 114 valence electrons. The first kappa shape index (κ1) is 15.3. The molecule has 1 heterocycles. The molecule has 2 N–H and O–H groups in total.